The van der Waals surface area contributed by atoms with Gasteiger partial charge in [-0.15, -0.1) is 0 Å². The molecule has 0 saturated carbocycles. The minimum atomic E-state index is 0.0899. The van der Waals surface area contributed by atoms with Gasteiger partial charge in [0, 0.05) is 27.2 Å². The third-order valence-corrected chi connectivity index (χ3v) is 3.67. The summed E-state index contributed by atoms with van der Waals surface area (Å²) in [7, 11) is 7.42. The van der Waals surface area contributed by atoms with Gasteiger partial charge in [0.25, 0.3) is 0 Å². The minimum absolute atomic E-state index is 0.0899. The molecule has 0 bridgehead atoms. The van der Waals surface area contributed by atoms with Crippen LogP contribution in [0.3, 0.4) is 0 Å². The van der Waals surface area contributed by atoms with Crippen LogP contribution in [0.25, 0.3) is 0 Å². The average Bonchev–Trinajstić information content (AvgIpc) is 2.44. The van der Waals surface area contributed by atoms with Gasteiger partial charge in [-0.25, -0.2) is 0 Å². The maximum atomic E-state index is 12.0. The maximum Gasteiger partial charge on any atom is 0.236 e. The van der Waals surface area contributed by atoms with Crippen molar-refractivity contribution in [2.24, 2.45) is 0 Å². The molecule has 0 radical (unpaired) electrons. The van der Waals surface area contributed by atoms with Gasteiger partial charge in [-0.2, -0.15) is 12.6 Å². The molecule has 0 spiro atoms. The third-order valence-electron chi connectivity index (χ3n) is 3.36. The van der Waals surface area contributed by atoms with Gasteiger partial charge in [-0.1, -0.05) is 6.92 Å². The van der Waals surface area contributed by atoms with Crippen molar-refractivity contribution < 1.29 is 9.59 Å². The Balaban J connectivity index is 4.11. The van der Waals surface area contributed by atoms with Crippen LogP contribution in [-0.2, 0) is 9.59 Å². The van der Waals surface area contributed by atoms with Crippen LogP contribution in [0.2, 0.25) is 0 Å². The summed E-state index contributed by atoms with van der Waals surface area (Å²) in [6, 6.07) is 0. The standard InChI is InChI=1S/C15H32N4O2S/c1-6-8-18(4)14(20)11-16(2)13-17(3)12-15(21)19(5)9-7-10-22/h22H,6-13H2,1-5H3. The molecule has 0 fully saturated rings. The van der Waals surface area contributed by atoms with Crippen LogP contribution < -0.4 is 0 Å². The van der Waals surface area contributed by atoms with Crippen molar-refractivity contribution in [1.29, 1.82) is 0 Å². The number of likely N-dealkylation sites (N-methyl/N-ethyl adjacent to an activating group) is 4. The molecule has 2 amide bonds. The first-order valence-electron chi connectivity index (χ1n) is 7.77. The van der Waals surface area contributed by atoms with Gasteiger partial charge in [0.05, 0.1) is 19.8 Å². The zero-order chi connectivity index (χ0) is 17.1. The van der Waals surface area contributed by atoms with Gasteiger partial charge in [-0.3, -0.25) is 19.4 Å². The van der Waals surface area contributed by atoms with Crippen molar-refractivity contribution in [2.45, 2.75) is 19.8 Å². The molecule has 0 aliphatic heterocycles. The second-order valence-corrected chi connectivity index (χ2v) is 6.32. The fourth-order valence-corrected chi connectivity index (χ4v) is 2.25. The molecule has 0 rings (SSSR count). The molecule has 0 aliphatic carbocycles. The van der Waals surface area contributed by atoms with E-state index in [1.54, 1.807) is 9.80 Å². The molecule has 0 aromatic rings. The Morgan fingerprint density at radius 3 is 1.73 bits per heavy atom. The Morgan fingerprint density at radius 1 is 0.864 bits per heavy atom. The molecule has 0 N–H and O–H groups in total. The first kappa shape index (κ1) is 21.2. The summed E-state index contributed by atoms with van der Waals surface area (Å²) in [5, 5.41) is 0. The number of carbonyl (C=O) groups excluding carboxylic acids is 2. The monoisotopic (exact) mass is 332 g/mol. The first-order chi connectivity index (χ1) is 10.3. The van der Waals surface area contributed by atoms with E-state index in [-0.39, 0.29) is 11.8 Å². The molecule has 0 aliphatic rings. The number of nitrogens with zero attached hydrogens (tertiary/aromatic N) is 4. The number of amides is 2. The van der Waals surface area contributed by atoms with E-state index in [0.29, 0.717) is 19.8 Å². The largest absolute Gasteiger partial charge is 0.345 e. The van der Waals surface area contributed by atoms with E-state index < -0.39 is 0 Å². The Hall–Kier alpha value is -0.790. The average molecular weight is 333 g/mol. The normalized spacial score (nSPS) is 11.1. The molecule has 0 heterocycles. The van der Waals surface area contributed by atoms with Crippen LogP contribution in [0.4, 0.5) is 0 Å². The highest BCUT2D eigenvalue weighted by Gasteiger charge is 2.15. The molecule has 0 aromatic carbocycles. The Morgan fingerprint density at radius 2 is 1.32 bits per heavy atom. The summed E-state index contributed by atoms with van der Waals surface area (Å²) < 4.78 is 0. The van der Waals surface area contributed by atoms with Crippen LogP contribution in [0.1, 0.15) is 19.8 Å². The lowest BCUT2D eigenvalue weighted by Crippen LogP contribution is -2.44. The van der Waals surface area contributed by atoms with Gasteiger partial charge in [0.2, 0.25) is 11.8 Å². The Bertz CT molecular complexity index is 342. The highest BCUT2D eigenvalue weighted by molar-refractivity contribution is 7.80. The van der Waals surface area contributed by atoms with Gasteiger partial charge >= 0.3 is 0 Å². The van der Waals surface area contributed by atoms with Crippen LogP contribution in [0, 0.1) is 0 Å². The molecule has 0 unspecified atom stereocenters. The maximum absolute atomic E-state index is 12.0. The number of thiol groups is 1. The number of hydrogen-bond acceptors (Lipinski definition) is 5. The predicted octanol–water partition coefficient (Wildman–Crippen LogP) is 0.454. The molecule has 6 nitrogen and oxygen atoms in total. The summed E-state index contributed by atoms with van der Waals surface area (Å²) in [5.41, 5.74) is 0. The van der Waals surface area contributed by atoms with Gasteiger partial charge in [0.1, 0.15) is 0 Å². The fourth-order valence-electron chi connectivity index (χ4n) is 2.11. The Kier molecular flexibility index (Phi) is 11.3. The summed E-state index contributed by atoms with van der Waals surface area (Å²) in [6.45, 7) is 4.86. The second-order valence-electron chi connectivity index (χ2n) is 5.88. The SMILES string of the molecule is CCCN(C)C(=O)CN(C)CN(C)CC(=O)N(C)CCCS. The molecular weight excluding hydrogens is 300 g/mol. The predicted molar refractivity (Wildman–Crippen MR) is 94.2 cm³/mol. The molecule has 0 saturated heterocycles. The van der Waals surface area contributed by atoms with Gasteiger partial charge < -0.3 is 9.80 Å². The molecule has 7 heteroatoms. The van der Waals surface area contributed by atoms with Crippen molar-refractivity contribution in [1.82, 2.24) is 19.6 Å². The van der Waals surface area contributed by atoms with E-state index in [1.807, 2.05) is 38.0 Å². The zero-order valence-electron chi connectivity index (χ0n) is 14.7. The van der Waals surface area contributed by atoms with Crippen molar-refractivity contribution >= 4 is 24.4 Å². The smallest absolute Gasteiger partial charge is 0.236 e. The summed E-state index contributed by atoms with van der Waals surface area (Å²) in [5.74, 6) is 0.978. The zero-order valence-corrected chi connectivity index (χ0v) is 15.6. The number of rotatable bonds is 11. The van der Waals surface area contributed by atoms with E-state index in [9.17, 15) is 9.59 Å². The molecule has 0 atom stereocenters. The van der Waals surface area contributed by atoms with Crippen LogP contribution in [0.15, 0.2) is 0 Å². The first-order valence-corrected chi connectivity index (χ1v) is 8.40. The van der Waals surface area contributed by atoms with E-state index in [4.69, 9.17) is 0 Å². The van der Waals surface area contributed by atoms with Crippen molar-refractivity contribution in [3.63, 3.8) is 0 Å². The lowest BCUT2D eigenvalue weighted by molar-refractivity contribution is -0.132. The van der Waals surface area contributed by atoms with Crippen molar-refractivity contribution in [3.8, 4) is 0 Å². The highest BCUT2D eigenvalue weighted by Crippen LogP contribution is 1.96. The van der Waals surface area contributed by atoms with Crippen LogP contribution in [0.5, 0.6) is 0 Å². The van der Waals surface area contributed by atoms with E-state index in [2.05, 4.69) is 19.6 Å². The number of carbonyl (C=O) groups is 2. The van der Waals surface area contributed by atoms with E-state index in [0.717, 1.165) is 31.7 Å². The van der Waals surface area contributed by atoms with Gasteiger partial charge in [0.15, 0.2) is 0 Å². The fraction of sp³-hybridized carbons (Fsp3) is 0.867. The molecular formula is C15H32N4O2S. The highest BCUT2D eigenvalue weighted by atomic mass is 32.1. The van der Waals surface area contributed by atoms with E-state index in [1.165, 1.54) is 0 Å². The van der Waals surface area contributed by atoms with Crippen LogP contribution in [-0.4, -0.2) is 98.2 Å². The summed E-state index contributed by atoms with van der Waals surface area (Å²) in [4.78, 5) is 31.3. The quantitative estimate of drug-likeness (QED) is 0.441. The lowest BCUT2D eigenvalue weighted by Gasteiger charge is -2.27. The molecule has 130 valence electrons. The van der Waals surface area contributed by atoms with Crippen LogP contribution >= 0.6 is 12.6 Å². The summed E-state index contributed by atoms with van der Waals surface area (Å²) in [6.07, 6.45) is 1.85. The second kappa shape index (κ2) is 11.7. The third kappa shape index (κ3) is 9.27. The molecule has 22 heavy (non-hydrogen) atoms. The van der Waals surface area contributed by atoms with Crippen molar-refractivity contribution in [2.75, 3.05) is 66.8 Å². The number of hydrogen-bond donors (Lipinski definition) is 1. The summed E-state index contributed by atoms with van der Waals surface area (Å²) >= 11 is 4.15. The minimum Gasteiger partial charge on any atom is -0.345 e. The Labute approximate surface area is 140 Å². The topological polar surface area (TPSA) is 47.1 Å². The van der Waals surface area contributed by atoms with Crippen molar-refractivity contribution in [3.05, 3.63) is 0 Å². The van der Waals surface area contributed by atoms with Gasteiger partial charge in [-0.05, 0) is 32.7 Å². The molecule has 0 aromatic heterocycles. The van der Waals surface area contributed by atoms with E-state index >= 15 is 0 Å². The lowest BCUT2D eigenvalue weighted by atomic mass is 10.4.